The van der Waals surface area contributed by atoms with Crippen LogP contribution >= 0.6 is 39.1 Å². The zero-order valence-electron chi connectivity index (χ0n) is 20.9. The lowest BCUT2D eigenvalue weighted by Gasteiger charge is -2.36. The predicted molar refractivity (Wildman–Crippen MR) is 147 cm³/mol. The van der Waals surface area contributed by atoms with Gasteiger partial charge in [-0.25, -0.2) is 15.6 Å². The summed E-state index contributed by atoms with van der Waals surface area (Å²) in [4.78, 5) is 14.4. The molecule has 39 heavy (non-hydrogen) atoms. The Kier molecular flexibility index (Phi) is 8.42. The van der Waals surface area contributed by atoms with Gasteiger partial charge in [0.05, 0.1) is 46.0 Å². The first-order valence-corrected chi connectivity index (χ1v) is 13.9. The van der Waals surface area contributed by atoms with Crippen molar-refractivity contribution in [3.05, 3.63) is 67.4 Å². The summed E-state index contributed by atoms with van der Waals surface area (Å²) in [5, 5.41) is 11.0. The molecule has 4 N–H and O–H groups in total. The quantitative estimate of drug-likeness (QED) is 0.430. The topological polar surface area (TPSA) is 131 Å². The van der Waals surface area contributed by atoms with E-state index in [1.54, 1.807) is 23.1 Å². The summed E-state index contributed by atoms with van der Waals surface area (Å²) < 4.78 is 23.4. The number of carbonyl (C=O) groups excluding carboxylic acids is 1. The third-order valence-corrected chi connectivity index (χ3v) is 8.23. The van der Waals surface area contributed by atoms with Gasteiger partial charge >= 0.3 is 6.09 Å². The number of amides is 1. The van der Waals surface area contributed by atoms with E-state index in [1.807, 2.05) is 19.1 Å². The minimum Gasteiger partial charge on any atom is -0.490 e. The summed E-state index contributed by atoms with van der Waals surface area (Å²) in [5.74, 6) is -0.181. The summed E-state index contributed by atoms with van der Waals surface area (Å²) in [6, 6.07) is 10.9. The number of hydrogen-bond acceptors (Lipinski definition) is 9. The fourth-order valence-corrected chi connectivity index (χ4v) is 5.96. The molecule has 3 aliphatic rings. The van der Waals surface area contributed by atoms with Gasteiger partial charge in [0, 0.05) is 24.9 Å². The number of benzene rings is 2. The SMILES string of the molecule is CCOc1cc(C2C(C#N)=C(N)OC3NNC(c4ccc(Cl)c(Cl)c4)C32)cc(Br)c1OC(=O)N1CCOCC1. The Balaban J connectivity index is 1.55. The van der Waals surface area contributed by atoms with Gasteiger partial charge in [-0.2, -0.15) is 5.26 Å². The third kappa shape index (κ3) is 5.50. The molecule has 3 aliphatic heterocycles. The number of morpholine rings is 1. The Morgan fingerprint density at radius 1 is 1.21 bits per heavy atom. The number of carbonyl (C=O) groups is 1. The van der Waals surface area contributed by atoms with Crippen LogP contribution in [0.3, 0.4) is 0 Å². The van der Waals surface area contributed by atoms with E-state index in [4.69, 9.17) is 47.9 Å². The molecule has 5 rings (SSSR count). The molecule has 206 valence electrons. The Labute approximate surface area is 244 Å². The van der Waals surface area contributed by atoms with Gasteiger partial charge in [-0.15, -0.1) is 0 Å². The molecule has 0 bridgehead atoms. The molecule has 2 aromatic rings. The van der Waals surface area contributed by atoms with E-state index < -0.39 is 18.2 Å². The van der Waals surface area contributed by atoms with Crippen LogP contribution in [-0.2, 0) is 9.47 Å². The van der Waals surface area contributed by atoms with Crippen molar-refractivity contribution >= 4 is 45.2 Å². The fraction of sp³-hybridized carbons (Fsp3) is 0.385. The Bertz CT molecular complexity index is 1350. The average Bonchev–Trinajstić information content (AvgIpc) is 3.35. The van der Waals surface area contributed by atoms with Crippen LogP contribution in [0.15, 0.2) is 46.3 Å². The first kappa shape index (κ1) is 27.8. The number of rotatable bonds is 5. The highest BCUT2D eigenvalue weighted by Gasteiger charge is 2.49. The smallest absolute Gasteiger partial charge is 0.415 e. The zero-order chi connectivity index (χ0) is 27.7. The fourth-order valence-electron chi connectivity index (χ4n) is 5.11. The first-order valence-electron chi connectivity index (χ1n) is 12.4. The number of hydrazine groups is 1. The molecule has 0 spiro atoms. The van der Waals surface area contributed by atoms with Crippen molar-refractivity contribution in [2.75, 3.05) is 32.9 Å². The molecule has 0 aliphatic carbocycles. The van der Waals surface area contributed by atoms with E-state index >= 15 is 0 Å². The maximum Gasteiger partial charge on any atom is 0.415 e. The van der Waals surface area contributed by atoms with Gasteiger partial charge in [0.2, 0.25) is 5.88 Å². The maximum absolute atomic E-state index is 12.9. The minimum atomic E-state index is -0.542. The van der Waals surface area contributed by atoms with Crippen LogP contribution in [-0.4, -0.2) is 50.1 Å². The summed E-state index contributed by atoms with van der Waals surface area (Å²) in [6.07, 6.45) is -1.04. The number of ether oxygens (including phenoxy) is 4. The number of halogens is 3. The number of nitrogens with two attached hydrogens (primary N) is 1. The lowest BCUT2D eigenvalue weighted by atomic mass is 9.74. The average molecular weight is 639 g/mol. The highest BCUT2D eigenvalue weighted by atomic mass is 79.9. The van der Waals surface area contributed by atoms with E-state index in [9.17, 15) is 10.1 Å². The van der Waals surface area contributed by atoms with Gasteiger partial charge < -0.3 is 29.6 Å². The van der Waals surface area contributed by atoms with E-state index in [2.05, 4.69) is 32.9 Å². The van der Waals surface area contributed by atoms with Crippen molar-refractivity contribution in [1.82, 2.24) is 15.8 Å². The van der Waals surface area contributed by atoms with Crippen LogP contribution in [0, 0.1) is 17.2 Å². The van der Waals surface area contributed by atoms with Crippen LogP contribution in [0.4, 0.5) is 4.79 Å². The molecule has 4 unspecified atom stereocenters. The molecular formula is C26H26BrCl2N5O5. The van der Waals surface area contributed by atoms with Gasteiger partial charge in [-0.05, 0) is 58.2 Å². The highest BCUT2D eigenvalue weighted by Crippen LogP contribution is 2.50. The maximum atomic E-state index is 12.9. The van der Waals surface area contributed by atoms with Gasteiger partial charge in [0.25, 0.3) is 0 Å². The summed E-state index contributed by atoms with van der Waals surface area (Å²) >= 11 is 16.0. The van der Waals surface area contributed by atoms with Crippen molar-refractivity contribution < 1.29 is 23.7 Å². The summed E-state index contributed by atoms with van der Waals surface area (Å²) in [7, 11) is 0. The number of nitrogens with one attached hydrogen (secondary N) is 2. The van der Waals surface area contributed by atoms with Crippen LogP contribution in [0.2, 0.25) is 10.0 Å². The second kappa shape index (κ2) is 11.8. The van der Waals surface area contributed by atoms with Crippen LogP contribution < -0.4 is 26.1 Å². The molecule has 2 fully saturated rings. The molecule has 1 amide bonds. The molecule has 0 aromatic heterocycles. The molecule has 0 radical (unpaired) electrons. The van der Waals surface area contributed by atoms with Crippen molar-refractivity contribution in [3.63, 3.8) is 0 Å². The predicted octanol–water partition coefficient (Wildman–Crippen LogP) is 4.58. The molecule has 0 saturated carbocycles. The van der Waals surface area contributed by atoms with Gasteiger partial charge in [0.1, 0.15) is 6.07 Å². The van der Waals surface area contributed by atoms with Crippen LogP contribution in [0.1, 0.15) is 30.0 Å². The Hall–Kier alpha value is -2.72. The molecule has 4 atom stereocenters. The Morgan fingerprint density at radius 2 is 1.97 bits per heavy atom. The van der Waals surface area contributed by atoms with Gasteiger partial charge in [-0.3, -0.25) is 0 Å². The Morgan fingerprint density at radius 3 is 2.67 bits per heavy atom. The van der Waals surface area contributed by atoms with Gasteiger partial charge in [-0.1, -0.05) is 29.3 Å². The summed E-state index contributed by atoms with van der Waals surface area (Å²) in [5.41, 5.74) is 14.5. The van der Waals surface area contributed by atoms with E-state index in [0.29, 0.717) is 53.2 Å². The zero-order valence-corrected chi connectivity index (χ0v) is 24.0. The number of allylic oxidation sites excluding steroid dienone is 1. The molecule has 13 heteroatoms. The lowest BCUT2D eigenvalue weighted by molar-refractivity contribution is 0.0340. The van der Waals surface area contributed by atoms with E-state index in [-0.39, 0.29) is 29.2 Å². The monoisotopic (exact) mass is 637 g/mol. The second-order valence-corrected chi connectivity index (χ2v) is 10.8. The number of nitrogens with zero attached hydrogens (tertiary/aromatic N) is 2. The van der Waals surface area contributed by atoms with E-state index in [0.717, 1.165) is 11.1 Å². The summed E-state index contributed by atoms with van der Waals surface area (Å²) in [6.45, 7) is 3.95. The van der Waals surface area contributed by atoms with Crippen molar-refractivity contribution in [2.45, 2.75) is 25.1 Å². The third-order valence-electron chi connectivity index (χ3n) is 6.90. The number of hydrogen-bond donors (Lipinski definition) is 3. The number of nitriles is 1. The van der Waals surface area contributed by atoms with Crippen molar-refractivity contribution in [2.24, 2.45) is 11.7 Å². The standard InChI is InChI=1S/C26H26BrCl2N5O5/c1-2-37-19-11-14(9-16(27)23(19)38-26(35)34-5-7-36-8-6-34)20-15(12-30)24(31)39-25-21(20)22(32-33-25)13-3-4-17(28)18(29)10-13/h3-4,9-11,20-22,25,32-33H,2,5-8,31H2,1H3. The molecule has 3 heterocycles. The molecule has 2 aromatic carbocycles. The minimum absolute atomic E-state index is 0.0322. The highest BCUT2D eigenvalue weighted by molar-refractivity contribution is 9.10. The molecular weight excluding hydrogens is 613 g/mol. The molecule has 10 nitrogen and oxygen atoms in total. The first-order chi connectivity index (χ1) is 18.8. The van der Waals surface area contributed by atoms with Crippen molar-refractivity contribution in [1.29, 1.82) is 5.26 Å². The van der Waals surface area contributed by atoms with Gasteiger partial charge in [0.15, 0.2) is 17.7 Å². The normalized spacial score (nSPS) is 24.5. The molecule has 2 saturated heterocycles. The van der Waals surface area contributed by atoms with E-state index in [1.165, 1.54) is 0 Å². The number of fused-ring (bicyclic) bond motifs is 1. The largest absolute Gasteiger partial charge is 0.490 e. The van der Waals surface area contributed by atoms with Crippen molar-refractivity contribution in [3.8, 4) is 17.6 Å². The van der Waals surface area contributed by atoms with Crippen LogP contribution in [0.25, 0.3) is 0 Å². The second-order valence-electron chi connectivity index (χ2n) is 9.15. The van der Waals surface area contributed by atoms with Crippen LogP contribution in [0.5, 0.6) is 11.5 Å². The lowest BCUT2D eigenvalue weighted by Crippen LogP contribution is -2.42.